The summed E-state index contributed by atoms with van der Waals surface area (Å²) in [6.07, 6.45) is 1.50. The van der Waals surface area contributed by atoms with Gasteiger partial charge in [0, 0.05) is 18.3 Å². The van der Waals surface area contributed by atoms with Crippen LogP contribution in [0, 0.1) is 13.8 Å². The maximum Gasteiger partial charge on any atom is 0.340 e. The summed E-state index contributed by atoms with van der Waals surface area (Å²) in [5, 5.41) is 6.94. The van der Waals surface area contributed by atoms with E-state index in [4.69, 9.17) is 10.3 Å². The average molecular weight is 276 g/mol. The van der Waals surface area contributed by atoms with Crippen molar-refractivity contribution in [1.82, 2.24) is 10.1 Å². The Labute approximate surface area is 116 Å². The Morgan fingerprint density at radius 3 is 2.85 bits per heavy atom. The Hall–Kier alpha value is -2.57. The summed E-state index contributed by atoms with van der Waals surface area (Å²) >= 11 is 0. The molecule has 0 aliphatic rings. The number of methoxy groups -OCH3 is 1. The van der Waals surface area contributed by atoms with Gasteiger partial charge in [0.15, 0.2) is 0 Å². The van der Waals surface area contributed by atoms with Crippen LogP contribution in [0.1, 0.15) is 27.4 Å². The summed E-state index contributed by atoms with van der Waals surface area (Å²) in [4.78, 5) is 15.7. The highest BCUT2D eigenvalue weighted by molar-refractivity contribution is 5.97. The third-order valence-corrected chi connectivity index (χ3v) is 3.01. The van der Waals surface area contributed by atoms with Gasteiger partial charge in [-0.25, -0.2) is 9.78 Å². The smallest absolute Gasteiger partial charge is 0.340 e. The predicted octanol–water partition coefficient (Wildman–Crippen LogP) is 1.67. The first-order valence-electron chi connectivity index (χ1n) is 6.03. The van der Waals surface area contributed by atoms with Crippen LogP contribution in [0.25, 0.3) is 0 Å². The quantitative estimate of drug-likeness (QED) is 0.818. The lowest BCUT2D eigenvalue weighted by atomic mass is 10.2. The maximum absolute atomic E-state index is 11.5. The van der Waals surface area contributed by atoms with Gasteiger partial charge < -0.3 is 20.3 Å². The van der Waals surface area contributed by atoms with E-state index in [1.165, 1.54) is 19.4 Å². The molecule has 0 saturated heterocycles. The standard InChI is InChI=1S/C13H16N4O3/c1-7-10(8(2)20-17-7)6-16-12-11(14)9(4-5-15-12)13(18)19-3/h4-5H,6,14H2,1-3H3,(H,15,16). The molecule has 7 heteroatoms. The molecule has 0 radical (unpaired) electrons. The van der Waals surface area contributed by atoms with E-state index in [0.29, 0.717) is 12.4 Å². The van der Waals surface area contributed by atoms with Crippen molar-refractivity contribution < 1.29 is 14.1 Å². The van der Waals surface area contributed by atoms with Crippen molar-refractivity contribution in [2.45, 2.75) is 20.4 Å². The van der Waals surface area contributed by atoms with Gasteiger partial charge >= 0.3 is 5.97 Å². The van der Waals surface area contributed by atoms with Gasteiger partial charge in [0.1, 0.15) is 11.6 Å². The number of hydrogen-bond donors (Lipinski definition) is 2. The largest absolute Gasteiger partial charge is 0.465 e. The number of ether oxygens (including phenoxy) is 1. The molecule has 106 valence electrons. The summed E-state index contributed by atoms with van der Waals surface area (Å²) in [6, 6.07) is 1.52. The molecule has 0 spiro atoms. The van der Waals surface area contributed by atoms with Gasteiger partial charge in [0.25, 0.3) is 0 Å². The van der Waals surface area contributed by atoms with E-state index in [1.54, 1.807) is 0 Å². The summed E-state index contributed by atoms with van der Waals surface area (Å²) in [6.45, 7) is 4.15. The summed E-state index contributed by atoms with van der Waals surface area (Å²) in [5.74, 6) is 0.663. The van der Waals surface area contributed by atoms with Crippen molar-refractivity contribution in [3.05, 3.63) is 34.8 Å². The number of anilines is 2. The zero-order valence-electron chi connectivity index (χ0n) is 11.6. The van der Waals surface area contributed by atoms with Crippen molar-refractivity contribution >= 4 is 17.5 Å². The fourth-order valence-electron chi connectivity index (χ4n) is 1.83. The van der Waals surface area contributed by atoms with E-state index in [1.807, 2.05) is 13.8 Å². The molecule has 0 saturated carbocycles. The third kappa shape index (κ3) is 2.56. The summed E-state index contributed by atoms with van der Waals surface area (Å²) < 4.78 is 9.74. The highest BCUT2D eigenvalue weighted by Crippen LogP contribution is 2.22. The molecule has 2 aromatic heterocycles. The van der Waals surface area contributed by atoms with Crippen LogP contribution in [0.5, 0.6) is 0 Å². The lowest BCUT2D eigenvalue weighted by Crippen LogP contribution is -2.11. The maximum atomic E-state index is 11.5. The van der Waals surface area contributed by atoms with E-state index in [9.17, 15) is 4.79 Å². The molecule has 0 atom stereocenters. The molecule has 0 amide bonds. The first-order chi connectivity index (χ1) is 9.54. The minimum atomic E-state index is -0.495. The van der Waals surface area contributed by atoms with E-state index in [0.717, 1.165) is 17.0 Å². The van der Waals surface area contributed by atoms with Gasteiger partial charge in [-0.3, -0.25) is 0 Å². The van der Waals surface area contributed by atoms with E-state index >= 15 is 0 Å². The minimum absolute atomic E-state index is 0.256. The molecule has 3 N–H and O–H groups in total. The second-order valence-corrected chi connectivity index (χ2v) is 4.27. The molecular formula is C13H16N4O3. The van der Waals surface area contributed by atoms with E-state index < -0.39 is 5.97 Å². The number of pyridine rings is 1. The van der Waals surface area contributed by atoms with Gasteiger partial charge in [-0.05, 0) is 19.9 Å². The van der Waals surface area contributed by atoms with Crippen LogP contribution in [0.15, 0.2) is 16.8 Å². The highest BCUT2D eigenvalue weighted by Gasteiger charge is 2.15. The monoisotopic (exact) mass is 276 g/mol. The number of nitrogens with zero attached hydrogens (tertiary/aromatic N) is 2. The summed E-state index contributed by atoms with van der Waals surface area (Å²) in [7, 11) is 1.30. The molecule has 2 heterocycles. The van der Waals surface area contributed by atoms with Crippen molar-refractivity contribution in [2.24, 2.45) is 0 Å². The van der Waals surface area contributed by atoms with Crippen LogP contribution >= 0.6 is 0 Å². The molecule has 0 aliphatic carbocycles. The van der Waals surface area contributed by atoms with Gasteiger partial charge in [-0.15, -0.1) is 0 Å². The molecule has 0 aliphatic heterocycles. The first kappa shape index (κ1) is 13.9. The Bertz CT molecular complexity index is 617. The number of nitrogen functional groups attached to an aromatic ring is 1. The lowest BCUT2D eigenvalue weighted by Gasteiger charge is -2.10. The highest BCUT2D eigenvalue weighted by atomic mass is 16.5. The van der Waals surface area contributed by atoms with Crippen LogP contribution < -0.4 is 11.1 Å². The number of carbonyl (C=O) groups is 1. The zero-order chi connectivity index (χ0) is 14.7. The van der Waals surface area contributed by atoms with Crippen LogP contribution in [-0.2, 0) is 11.3 Å². The van der Waals surface area contributed by atoms with Gasteiger partial charge in [0.05, 0.1) is 24.1 Å². The Morgan fingerprint density at radius 1 is 1.50 bits per heavy atom. The van der Waals surface area contributed by atoms with Gasteiger partial charge in [-0.1, -0.05) is 5.16 Å². The van der Waals surface area contributed by atoms with Crippen LogP contribution in [-0.4, -0.2) is 23.2 Å². The Balaban J connectivity index is 2.20. The minimum Gasteiger partial charge on any atom is -0.465 e. The van der Waals surface area contributed by atoms with Gasteiger partial charge in [0.2, 0.25) is 0 Å². The normalized spacial score (nSPS) is 10.3. The van der Waals surface area contributed by atoms with E-state index in [2.05, 4.69) is 20.2 Å². The van der Waals surface area contributed by atoms with Crippen molar-refractivity contribution in [1.29, 1.82) is 0 Å². The number of hydrogen-bond acceptors (Lipinski definition) is 7. The molecule has 20 heavy (non-hydrogen) atoms. The van der Waals surface area contributed by atoms with Crippen LogP contribution in [0.4, 0.5) is 11.5 Å². The van der Waals surface area contributed by atoms with Crippen molar-refractivity contribution in [2.75, 3.05) is 18.2 Å². The average Bonchev–Trinajstić information content (AvgIpc) is 2.76. The fraction of sp³-hybridized carbons (Fsp3) is 0.308. The molecule has 7 nitrogen and oxygen atoms in total. The van der Waals surface area contributed by atoms with Crippen LogP contribution in [0.3, 0.4) is 0 Å². The van der Waals surface area contributed by atoms with Crippen LogP contribution in [0.2, 0.25) is 0 Å². The Kier molecular flexibility index (Phi) is 3.88. The number of nitrogens with two attached hydrogens (primary N) is 1. The first-order valence-corrected chi connectivity index (χ1v) is 6.03. The number of rotatable bonds is 4. The molecule has 2 rings (SSSR count). The number of carbonyl (C=O) groups excluding carboxylic acids is 1. The number of aryl methyl sites for hydroxylation is 2. The second kappa shape index (κ2) is 5.60. The fourth-order valence-corrected chi connectivity index (χ4v) is 1.83. The molecule has 0 bridgehead atoms. The van der Waals surface area contributed by atoms with Crippen molar-refractivity contribution in [3.63, 3.8) is 0 Å². The summed E-state index contributed by atoms with van der Waals surface area (Å²) in [5.41, 5.74) is 8.19. The van der Waals surface area contributed by atoms with Gasteiger partial charge in [-0.2, -0.15) is 0 Å². The number of aromatic nitrogens is 2. The lowest BCUT2D eigenvalue weighted by molar-refractivity contribution is 0.0602. The molecule has 2 aromatic rings. The van der Waals surface area contributed by atoms with Crippen molar-refractivity contribution in [3.8, 4) is 0 Å². The number of nitrogens with one attached hydrogen (secondary N) is 1. The van der Waals surface area contributed by atoms with E-state index in [-0.39, 0.29) is 11.3 Å². The Morgan fingerprint density at radius 2 is 2.25 bits per heavy atom. The SMILES string of the molecule is COC(=O)c1ccnc(NCc2c(C)noc2C)c1N. The molecule has 0 unspecified atom stereocenters. The third-order valence-electron chi connectivity index (χ3n) is 3.01. The predicted molar refractivity (Wildman–Crippen MR) is 73.3 cm³/mol. The molecule has 0 fully saturated rings. The second-order valence-electron chi connectivity index (χ2n) is 4.27. The topological polar surface area (TPSA) is 103 Å². The number of esters is 1. The molecule has 0 aromatic carbocycles. The molecular weight excluding hydrogens is 260 g/mol. The zero-order valence-corrected chi connectivity index (χ0v) is 11.6.